The molecule has 0 aromatic carbocycles. The van der Waals surface area contributed by atoms with E-state index in [0.29, 0.717) is 11.6 Å². The molecule has 2 unspecified atom stereocenters. The zero-order chi connectivity index (χ0) is 12.9. The smallest absolute Gasteiger partial charge is 0.0224 e. The topological polar surface area (TPSA) is 15.3 Å². The lowest BCUT2D eigenvalue weighted by molar-refractivity contribution is -0.00197. The first-order valence-corrected chi connectivity index (χ1v) is 7.67. The van der Waals surface area contributed by atoms with Crippen LogP contribution in [0.5, 0.6) is 0 Å². The standard InChI is InChI=1S/C15H32N2/c1-6-13-12-17(14(7-2)11-16-13)15(8-3,9-4)10-5/h13-14,16H,6-12H2,1-5H3. The predicted molar refractivity (Wildman–Crippen MR) is 76.5 cm³/mol. The Hall–Kier alpha value is -0.0800. The largest absolute Gasteiger partial charge is 0.311 e. The third kappa shape index (κ3) is 3.03. The minimum Gasteiger partial charge on any atom is -0.311 e. The van der Waals surface area contributed by atoms with Crippen molar-refractivity contribution in [1.29, 1.82) is 0 Å². The van der Waals surface area contributed by atoms with E-state index >= 15 is 0 Å². The van der Waals surface area contributed by atoms with E-state index in [9.17, 15) is 0 Å². The molecule has 1 aliphatic heterocycles. The molecule has 0 amide bonds. The molecule has 0 aliphatic carbocycles. The highest BCUT2D eigenvalue weighted by Crippen LogP contribution is 2.32. The van der Waals surface area contributed by atoms with Crippen molar-refractivity contribution < 1.29 is 0 Å². The highest BCUT2D eigenvalue weighted by atomic mass is 15.3. The molecule has 2 heteroatoms. The molecule has 0 aromatic rings. The van der Waals surface area contributed by atoms with Gasteiger partial charge in [0.1, 0.15) is 0 Å². The van der Waals surface area contributed by atoms with Crippen LogP contribution in [-0.2, 0) is 0 Å². The summed E-state index contributed by atoms with van der Waals surface area (Å²) in [6, 6.07) is 1.43. The minimum absolute atomic E-state index is 0.441. The van der Waals surface area contributed by atoms with Gasteiger partial charge in [0, 0.05) is 30.7 Å². The summed E-state index contributed by atoms with van der Waals surface area (Å²) in [5, 5.41) is 3.70. The van der Waals surface area contributed by atoms with Crippen LogP contribution < -0.4 is 5.32 Å². The summed E-state index contributed by atoms with van der Waals surface area (Å²) >= 11 is 0. The van der Waals surface area contributed by atoms with E-state index in [1.807, 2.05) is 0 Å². The van der Waals surface area contributed by atoms with Crippen LogP contribution in [0.2, 0.25) is 0 Å². The molecule has 1 saturated heterocycles. The molecule has 1 N–H and O–H groups in total. The maximum absolute atomic E-state index is 3.70. The van der Waals surface area contributed by atoms with Gasteiger partial charge in [-0.15, -0.1) is 0 Å². The molecule has 1 fully saturated rings. The van der Waals surface area contributed by atoms with Gasteiger partial charge in [-0.05, 0) is 32.1 Å². The fourth-order valence-electron chi connectivity index (χ4n) is 3.44. The molecular weight excluding hydrogens is 208 g/mol. The lowest BCUT2D eigenvalue weighted by Gasteiger charge is -2.51. The lowest BCUT2D eigenvalue weighted by Crippen LogP contribution is -2.63. The van der Waals surface area contributed by atoms with Crippen molar-refractivity contribution in [3.05, 3.63) is 0 Å². The Morgan fingerprint density at radius 2 is 1.59 bits per heavy atom. The van der Waals surface area contributed by atoms with Crippen LogP contribution >= 0.6 is 0 Å². The summed E-state index contributed by atoms with van der Waals surface area (Å²) in [5.41, 5.74) is 0.441. The molecule has 102 valence electrons. The monoisotopic (exact) mass is 240 g/mol. The van der Waals surface area contributed by atoms with Gasteiger partial charge in [-0.2, -0.15) is 0 Å². The third-order valence-electron chi connectivity index (χ3n) is 5.05. The van der Waals surface area contributed by atoms with Crippen LogP contribution in [0, 0.1) is 0 Å². The SMILES string of the molecule is CCC1CN(C(CC)(CC)CC)C(CC)CN1. The molecule has 0 bridgehead atoms. The van der Waals surface area contributed by atoms with Crippen molar-refractivity contribution in [2.45, 2.75) is 84.3 Å². The van der Waals surface area contributed by atoms with Gasteiger partial charge in [-0.25, -0.2) is 0 Å². The van der Waals surface area contributed by atoms with Crippen LogP contribution in [0.25, 0.3) is 0 Å². The van der Waals surface area contributed by atoms with Crippen LogP contribution in [-0.4, -0.2) is 35.6 Å². The van der Waals surface area contributed by atoms with Gasteiger partial charge >= 0.3 is 0 Å². The van der Waals surface area contributed by atoms with Crippen LogP contribution in [0.1, 0.15) is 66.7 Å². The molecule has 0 spiro atoms. The van der Waals surface area contributed by atoms with Gasteiger partial charge in [0.15, 0.2) is 0 Å². The first kappa shape index (κ1) is 15.0. The van der Waals surface area contributed by atoms with Crippen LogP contribution in [0.4, 0.5) is 0 Å². The molecule has 17 heavy (non-hydrogen) atoms. The molecule has 2 nitrogen and oxygen atoms in total. The number of piperazine rings is 1. The molecule has 0 radical (unpaired) electrons. The summed E-state index contributed by atoms with van der Waals surface area (Å²) < 4.78 is 0. The van der Waals surface area contributed by atoms with Gasteiger partial charge in [-0.3, -0.25) is 4.90 Å². The molecule has 0 saturated carbocycles. The Kier molecular flexibility index (Phi) is 5.94. The fraction of sp³-hybridized carbons (Fsp3) is 1.00. The summed E-state index contributed by atoms with van der Waals surface area (Å²) in [5.74, 6) is 0. The van der Waals surface area contributed by atoms with Gasteiger partial charge in [0.2, 0.25) is 0 Å². The van der Waals surface area contributed by atoms with E-state index in [4.69, 9.17) is 0 Å². The summed E-state index contributed by atoms with van der Waals surface area (Å²) in [6.45, 7) is 14.1. The zero-order valence-electron chi connectivity index (χ0n) is 12.6. The molecule has 1 heterocycles. The Balaban J connectivity index is 2.86. The maximum atomic E-state index is 3.70. The quantitative estimate of drug-likeness (QED) is 0.765. The van der Waals surface area contributed by atoms with Crippen molar-refractivity contribution >= 4 is 0 Å². The first-order valence-electron chi connectivity index (χ1n) is 7.67. The number of nitrogens with one attached hydrogen (secondary N) is 1. The molecule has 0 aromatic heterocycles. The highest BCUT2D eigenvalue weighted by Gasteiger charge is 2.38. The van der Waals surface area contributed by atoms with Crippen molar-refractivity contribution in [3.8, 4) is 0 Å². The second-order valence-corrected chi connectivity index (χ2v) is 5.51. The van der Waals surface area contributed by atoms with Gasteiger partial charge in [0.25, 0.3) is 0 Å². The first-order chi connectivity index (χ1) is 8.17. The van der Waals surface area contributed by atoms with E-state index in [2.05, 4.69) is 44.8 Å². The molecule has 2 atom stereocenters. The normalized spacial score (nSPS) is 27.4. The highest BCUT2D eigenvalue weighted by molar-refractivity contribution is 4.96. The Labute approximate surface area is 108 Å². The third-order valence-corrected chi connectivity index (χ3v) is 5.05. The van der Waals surface area contributed by atoms with Gasteiger partial charge in [-0.1, -0.05) is 34.6 Å². The van der Waals surface area contributed by atoms with Crippen LogP contribution in [0.15, 0.2) is 0 Å². The molecule has 1 rings (SSSR count). The van der Waals surface area contributed by atoms with E-state index < -0.39 is 0 Å². The minimum atomic E-state index is 0.441. The molecular formula is C15H32N2. The van der Waals surface area contributed by atoms with E-state index in [1.165, 1.54) is 45.2 Å². The van der Waals surface area contributed by atoms with Gasteiger partial charge < -0.3 is 5.32 Å². The average molecular weight is 240 g/mol. The number of rotatable bonds is 6. The molecule has 1 aliphatic rings. The fourth-order valence-corrected chi connectivity index (χ4v) is 3.44. The number of hydrogen-bond donors (Lipinski definition) is 1. The summed E-state index contributed by atoms with van der Waals surface area (Å²) in [6.07, 6.45) is 6.37. The lowest BCUT2D eigenvalue weighted by atomic mass is 9.84. The van der Waals surface area contributed by atoms with E-state index in [1.54, 1.807) is 0 Å². The van der Waals surface area contributed by atoms with Gasteiger partial charge in [0.05, 0.1) is 0 Å². The average Bonchev–Trinajstić information content (AvgIpc) is 2.41. The predicted octanol–water partition coefficient (Wildman–Crippen LogP) is 3.42. The van der Waals surface area contributed by atoms with Crippen molar-refractivity contribution in [2.75, 3.05) is 13.1 Å². The Morgan fingerprint density at radius 1 is 1.00 bits per heavy atom. The van der Waals surface area contributed by atoms with E-state index in [-0.39, 0.29) is 0 Å². The Morgan fingerprint density at radius 3 is 2.00 bits per heavy atom. The summed E-state index contributed by atoms with van der Waals surface area (Å²) in [7, 11) is 0. The van der Waals surface area contributed by atoms with Crippen molar-refractivity contribution in [1.82, 2.24) is 10.2 Å². The van der Waals surface area contributed by atoms with Crippen LogP contribution in [0.3, 0.4) is 0 Å². The number of nitrogens with zero attached hydrogens (tertiary/aromatic N) is 1. The maximum Gasteiger partial charge on any atom is 0.0224 e. The zero-order valence-corrected chi connectivity index (χ0v) is 12.6. The second-order valence-electron chi connectivity index (χ2n) is 5.51. The van der Waals surface area contributed by atoms with Crippen molar-refractivity contribution in [3.63, 3.8) is 0 Å². The van der Waals surface area contributed by atoms with E-state index in [0.717, 1.165) is 6.04 Å². The second kappa shape index (κ2) is 6.75. The Bertz CT molecular complexity index is 203. The summed E-state index contributed by atoms with van der Waals surface area (Å²) in [4.78, 5) is 2.83. The number of hydrogen-bond acceptors (Lipinski definition) is 2. The van der Waals surface area contributed by atoms with Crippen molar-refractivity contribution in [2.24, 2.45) is 0 Å².